The predicted molar refractivity (Wildman–Crippen MR) is 101 cm³/mol. The van der Waals surface area contributed by atoms with Crippen molar-refractivity contribution in [2.45, 2.75) is 25.3 Å². The minimum Gasteiger partial charge on any atom is -0.460 e. The van der Waals surface area contributed by atoms with E-state index in [2.05, 4.69) is 20.0 Å². The molecule has 1 aliphatic heterocycles. The third kappa shape index (κ3) is 3.97. The number of piperidine rings is 1. The van der Waals surface area contributed by atoms with Gasteiger partial charge in [-0.15, -0.1) is 0 Å². The number of ether oxygens (including phenoxy) is 1. The molecule has 2 aromatic heterocycles. The molecule has 0 bridgehead atoms. The minimum atomic E-state index is -0.313. The van der Waals surface area contributed by atoms with Crippen LogP contribution in [0, 0.1) is 0 Å². The normalized spacial score (nSPS) is 16.9. The SMILES string of the molecule is O=C(OCC1CCCCN1c1cnccn1)c1ccc(-n2cccn2)cc1. The largest absolute Gasteiger partial charge is 0.460 e. The lowest BCUT2D eigenvalue weighted by atomic mass is 10.0. The molecule has 27 heavy (non-hydrogen) atoms. The van der Waals surface area contributed by atoms with Crippen molar-refractivity contribution in [3.8, 4) is 5.69 Å². The Morgan fingerprint density at radius 3 is 2.78 bits per heavy atom. The molecule has 7 nitrogen and oxygen atoms in total. The van der Waals surface area contributed by atoms with Crippen molar-refractivity contribution in [3.63, 3.8) is 0 Å². The van der Waals surface area contributed by atoms with E-state index in [1.807, 2.05) is 24.4 Å². The quantitative estimate of drug-likeness (QED) is 0.649. The molecular formula is C20H21N5O2. The van der Waals surface area contributed by atoms with E-state index in [0.717, 1.165) is 37.3 Å². The van der Waals surface area contributed by atoms with Gasteiger partial charge in [0.05, 0.1) is 23.5 Å². The maximum absolute atomic E-state index is 12.4. The molecule has 138 valence electrons. The Morgan fingerprint density at radius 2 is 2.04 bits per heavy atom. The lowest BCUT2D eigenvalue weighted by Crippen LogP contribution is -2.43. The summed E-state index contributed by atoms with van der Waals surface area (Å²) < 4.78 is 7.34. The summed E-state index contributed by atoms with van der Waals surface area (Å²) in [5, 5.41) is 4.18. The van der Waals surface area contributed by atoms with Gasteiger partial charge in [-0.3, -0.25) is 4.98 Å². The van der Waals surface area contributed by atoms with E-state index in [-0.39, 0.29) is 12.0 Å². The first-order valence-electron chi connectivity index (χ1n) is 9.11. The van der Waals surface area contributed by atoms with Crippen LogP contribution >= 0.6 is 0 Å². The molecular weight excluding hydrogens is 342 g/mol. The van der Waals surface area contributed by atoms with Gasteiger partial charge < -0.3 is 9.64 Å². The summed E-state index contributed by atoms with van der Waals surface area (Å²) >= 11 is 0. The van der Waals surface area contributed by atoms with Crippen LogP contribution in [0.2, 0.25) is 0 Å². The molecule has 7 heteroatoms. The molecule has 1 saturated heterocycles. The van der Waals surface area contributed by atoms with E-state index in [1.54, 1.807) is 41.6 Å². The number of anilines is 1. The van der Waals surface area contributed by atoms with Crippen LogP contribution in [-0.2, 0) is 4.74 Å². The second kappa shape index (κ2) is 7.99. The summed E-state index contributed by atoms with van der Waals surface area (Å²) in [6, 6.07) is 9.23. The number of hydrogen-bond donors (Lipinski definition) is 0. The van der Waals surface area contributed by atoms with E-state index in [0.29, 0.717) is 12.2 Å². The van der Waals surface area contributed by atoms with Crippen LogP contribution in [0.4, 0.5) is 5.82 Å². The topological polar surface area (TPSA) is 73.1 Å². The first-order chi connectivity index (χ1) is 13.3. The van der Waals surface area contributed by atoms with Gasteiger partial charge in [0, 0.05) is 31.3 Å². The van der Waals surface area contributed by atoms with Crippen LogP contribution in [-0.4, -0.2) is 44.9 Å². The lowest BCUT2D eigenvalue weighted by molar-refractivity contribution is 0.0467. The van der Waals surface area contributed by atoms with E-state index in [4.69, 9.17) is 4.74 Å². The Morgan fingerprint density at radius 1 is 1.15 bits per heavy atom. The Kier molecular flexibility index (Phi) is 5.09. The van der Waals surface area contributed by atoms with Crippen molar-refractivity contribution < 1.29 is 9.53 Å². The van der Waals surface area contributed by atoms with Gasteiger partial charge in [-0.1, -0.05) is 0 Å². The Labute approximate surface area is 157 Å². The number of esters is 1. The van der Waals surface area contributed by atoms with Crippen molar-refractivity contribution in [1.82, 2.24) is 19.7 Å². The van der Waals surface area contributed by atoms with Gasteiger partial charge in [-0.2, -0.15) is 5.10 Å². The third-order valence-electron chi connectivity index (χ3n) is 4.75. The number of rotatable bonds is 5. The van der Waals surface area contributed by atoms with E-state index in [9.17, 15) is 4.79 Å². The van der Waals surface area contributed by atoms with Crippen molar-refractivity contribution in [2.24, 2.45) is 0 Å². The van der Waals surface area contributed by atoms with Gasteiger partial charge >= 0.3 is 5.97 Å². The standard InChI is InChI=1S/C20H21N5O2/c26-20(16-5-7-17(8-6-16)25-13-3-9-23-25)27-15-18-4-1-2-12-24(18)19-14-21-10-11-22-19/h3,5-11,13-14,18H,1-2,4,12,15H2. The predicted octanol–water partition coefficient (Wildman–Crippen LogP) is 2.88. The molecule has 0 aliphatic carbocycles. The Balaban J connectivity index is 1.39. The Bertz CT molecular complexity index is 865. The second-order valence-corrected chi connectivity index (χ2v) is 6.50. The van der Waals surface area contributed by atoms with Gasteiger partial charge in [0.2, 0.25) is 0 Å². The molecule has 0 radical (unpaired) electrons. The fourth-order valence-electron chi connectivity index (χ4n) is 3.34. The summed E-state index contributed by atoms with van der Waals surface area (Å²) in [4.78, 5) is 23.2. The van der Waals surface area contributed by atoms with Gasteiger partial charge in [0.1, 0.15) is 12.4 Å². The Hall–Kier alpha value is -3.22. The van der Waals surface area contributed by atoms with Crippen LogP contribution in [0.15, 0.2) is 61.3 Å². The molecule has 0 amide bonds. The third-order valence-corrected chi connectivity index (χ3v) is 4.75. The smallest absolute Gasteiger partial charge is 0.338 e. The maximum atomic E-state index is 12.4. The fraction of sp³-hybridized carbons (Fsp3) is 0.300. The molecule has 1 aliphatic rings. The van der Waals surface area contributed by atoms with E-state index in [1.165, 1.54) is 0 Å². The van der Waals surface area contributed by atoms with Crippen LogP contribution in [0.25, 0.3) is 5.69 Å². The number of carbonyl (C=O) groups is 1. The molecule has 1 atom stereocenters. The average molecular weight is 363 g/mol. The van der Waals surface area contributed by atoms with E-state index >= 15 is 0 Å². The molecule has 1 unspecified atom stereocenters. The highest BCUT2D eigenvalue weighted by Gasteiger charge is 2.25. The summed E-state index contributed by atoms with van der Waals surface area (Å²) in [6.45, 7) is 1.25. The summed E-state index contributed by atoms with van der Waals surface area (Å²) in [5.74, 6) is 0.522. The van der Waals surface area contributed by atoms with E-state index < -0.39 is 0 Å². The van der Waals surface area contributed by atoms with Crippen molar-refractivity contribution in [1.29, 1.82) is 0 Å². The molecule has 4 rings (SSSR count). The van der Waals surface area contributed by atoms with Crippen molar-refractivity contribution in [3.05, 3.63) is 66.9 Å². The monoisotopic (exact) mass is 363 g/mol. The molecule has 0 N–H and O–H groups in total. The zero-order valence-corrected chi connectivity index (χ0v) is 14.9. The molecule has 3 heterocycles. The number of benzene rings is 1. The molecule has 0 saturated carbocycles. The minimum absolute atomic E-state index is 0.128. The lowest BCUT2D eigenvalue weighted by Gasteiger charge is -2.35. The zero-order chi connectivity index (χ0) is 18.5. The molecule has 1 aromatic carbocycles. The first kappa shape index (κ1) is 17.2. The van der Waals surface area contributed by atoms with Crippen LogP contribution in [0.5, 0.6) is 0 Å². The maximum Gasteiger partial charge on any atom is 0.338 e. The average Bonchev–Trinajstić information content (AvgIpc) is 3.28. The summed E-state index contributed by atoms with van der Waals surface area (Å²) in [7, 11) is 0. The summed E-state index contributed by atoms with van der Waals surface area (Å²) in [5.41, 5.74) is 1.44. The highest BCUT2D eigenvalue weighted by molar-refractivity contribution is 5.89. The van der Waals surface area contributed by atoms with Crippen LogP contribution in [0.3, 0.4) is 0 Å². The van der Waals surface area contributed by atoms with Crippen molar-refractivity contribution in [2.75, 3.05) is 18.1 Å². The van der Waals surface area contributed by atoms with Gasteiger partial charge in [-0.05, 0) is 49.6 Å². The summed E-state index contributed by atoms with van der Waals surface area (Å²) in [6.07, 6.45) is 11.9. The highest BCUT2D eigenvalue weighted by Crippen LogP contribution is 2.23. The first-order valence-corrected chi connectivity index (χ1v) is 9.11. The number of aromatic nitrogens is 4. The zero-order valence-electron chi connectivity index (χ0n) is 14.9. The molecule has 3 aromatic rings. The van der Waals surface area contributed by atoms with Gasteiger partial charge in [0.15, 0.2) is 0 Å². The fourth-order valence-corrected chi connectivity index (χ4v) is 3.34. The number of carbonyl (C=O) groups excluding carboxylic acids is 1. The molecule has 0 spiro atoms. The second-order valence-electron chi connectivity index (χ2n) is 6.50. The van der Waals surface area contributed by atoms with Crippen LogP contribution < -0.4 is 4.90 Å². The molecule has 1 fully saturated rings. The number of hydrogen-bond acceptors (Lipinski definition) is 6. The van der Waals surface area contributed by atoms with Gasteiger partial charge in [-0.25, -0.2) is 14.5 Å². The van der Waals surface area contributed by atoms with Crippen molar-refractivity contribution >= 4 is 11.8 Å². The number of nitrogens with zero attached hydrogens (tertiary/aromatic N) is 5. The highest BCUT2D eigenvalue weighted by atomic mass is 16.5. The van der Waals surface area contributed by atoms with Crippen LogP contribution in [0.1, 0.15) is 29.6 Å². The van der Waals surface area contributed by atoms with Gasteiger partial charge in [0.25, 0.3) is 0 Å².